The van der Waals surface area contributed by atoms with Crippen LogP contribution < -0.4 is 0 Å². The van der Waals surface area contributed by atoms with Gasteiger partial charge < -0.3 is 4.55 Å². The minimum Gasteiger partial charge on any atom is -0.609 e. The molecule has 0 aromatic carbocycles. The topological polar surface area (TPSA) is 65.9 Å². The molecule has 5 heteroatoms. The number of carbonyl (C=O) groups excluding carboxylic acids is 1. The Labute approximate surface area is 91.3 Å². The van der Waals surface area contributed by atoms with Gasteiger partial charge >= 0.3 is 5.16 Å². The van der Waals surface area contributed by atoms with Gasteiger partial charge in [0.05, 0.1) is 11.3 Å². The van der Waals surface area contributed by atoms with E-state index >= 15 is 0 Å². The monoisotopic (exact) mass is 224 g/mol. The molecular formula is C10H12N2O2S. The van der Waals surface area contributed by atoms with Crippen LogP contribution in [0.5, 0.6) is 0 Å². The van der Waals surface area contributed by atoms with Crippen molar-refractivity contribution in [2.75, 3.05) is 6.26 Å². The van der Waals surface area contributed by atoms with Gasteiger partial charge in [-0.15, -0.1) is 0 Å². The number of rotatable bonds is 1. The van der Waals surface area contributed by atoms with Crippen molar-refractivity contribution in [1.82, 2.24) is 9.97 Å². The van der Waals surface area contributed by atoms with Crippen molar-refractivity contribution in [2.45, 2.75) is 30.8 Å². The molecule has 1 aliphatic carbocycles. The molecule has 80 valence electrons. The average molecular weight is 224 g/mol. The Morgan fingerprint density at radius 3 is 2.87 bits per heavy atom. The smallest absolute Gasteiger partial charge is 0.342 e. The third-order valence-corrected chi connectivity index (χ3v) is 3.18. The van der Waals surface area contributed by atoms with Crippen LogP contribution in [0.4, 0.5) is 0 Å². The van der Waals surface area contributed by atoms with E-state index in [-0.39, 0.29) is 5.78 Å². The molecule has 0 bridgehead atoms. The van der Waals surface area contributed by atoms with E-state index in [1.165, 1.54) is 6.20 Å². The molecule has 2 rings (SSSR count). The highest BCUT2D eigenvalue weighted by atomic mass is 32.2. The first-order valence-electron chi connectivity index (χ1n) is 4.91. The van der Waals surface area contributed by atoms with E-state index in [0.29, 0.717) is 17.1 Å². The number of ketones is 1. The SMILES string of the molecule is C[S+]([O-])c1ncc2c(n1)CCCCC2=O. The summed E-state index contributed by atoms with van der Waals surface area (Å²) in [6.07, 6.45) is 6.29. The van der Waals surface area contributed by atoms with Crippen molar-refractivity contribution in [1.29, 1.82) is 0 Å². The van der Waals surface area contributed by atoms with Crippen LogP contribution in [0.1, 0.15) is 35.3 Å². The number of fused-ring (bicyclic) bond motifs is 1. The van der Waals surface area contributed by atoms with E-state index in [9.17, 15) is 9.35 Å². The molecule has 1 aliphatic rings. The van der Waals surface area contributed by atoms with E-state index in [0.717, 1.165) is 25.0 Å². The van der Waals surface area contributed by atoms with Crippen LogP contribution in [0, 0.1) is 0 Å². The second kappa shape index (κ2) is 4.28. The van der Waals surface area contributed by atoms with Crippen LogP contribution in [-0.2, 0) is 17.6 Å². The van der Waals surface area contributed by atoms with Gasteiger partial charge in [-0.1, -0.05) is 0 Å². The normalized spacial score (nSPS) is 18.1. The third kappa shape index (κ3) is 2.18. The molecular weight excluding hydrogens is 212 g/mol. The Bertz CT molecular complexity index is 393. The maximum atomic E-state index is 11.6. The Kier molecular flexibility index (Phi) is 3.02. The first-order valence-corrected chi connectivity index (χ1v) is 6.47. The molecule has 15 heavy (non-hydrogen) atoms. The van der Waals surface area contributed by atoms with Gasteiger partial charge in [-0.2, -0.15) is 9.97 Å². The first kappa shape index (κ1) is 10.6. The zero-order chi connectivity index (χ0) is 10.8. The predicted molar refractivity (Wildman–Crippen MR) is 56.2 cm³/mol. The molecule has 0 spiro atoms. The fourth-order valence-electron chi connectivity index (χ4n) is 1.67. The van der Waals surface area contributed by atoms with E-state index in [1.807, 2.05) is 0 Å². The number of aryl methyl sites for hydroxylation is 1. The summed E-state index contributed by atoms with van der Waals surface area (Å²) in [7, 11) is 0. The number of nitrogens with zero attached hydrogens (tertiary/aromatic N) is 2. The highest BCUT2D eigenvalue weighted by Gasteiger charge is 2.20. The van der Waals surface area contributed by atoms with Gasteiger partial charge in [-0.25, -0.2) is 0 Å². The van der Waals surface area contributed by atoms with Crippen molar-refractivity contribution >= 4 is 17.0 Å². The molecule has 0 radical (unpaired) electrons. The summed E-state index contributed by atoms with van der Waals surface area (Å²) < 4.78 is 11.2. The lowest BCUT2D eigenvalue weighted by Gasteiger charge is -2.05. The molecule has 1 heterocycles. The van der Waals surface area contributed by atoms with Crippen molar-refractivity contribution in [2.24, 2.45) is 0 Å². The largest absolute Gasteiger partial charge is 0.609 e. The second-order valence-corrected chi connectivity index (χ2v) is 4.87. The van der Waals surface area contributed by atoms with Crippen LogP contribution in [0.25, 0.3) is 0 Å². The fourth-order valence-corrected chi connectivity index (χ4v) is 2.11. The van der Waals surface area contributed by atoms with Gasteiger partial charge in [0.25, 0.3) is 0 Å². The molecule has 4 nitrogen and oxygen atoms in total. The third-order valence-electron chi connectivity index (χ3n) is 2.47. The maximum absolute atomic E-state index is 11.6. The second-order valence-electron chi connectivity index (χ2n) is 3.60. The zero-order valence-electron chi connectivity index (χ0n) is 8.52. The zero-order valence-corrected chi connectivity index (χ0v) is 9.34. The van der Waals surface area contributed by atoms with Gasteiger partial charge in [-0.05, 0) is 19.3 Å². The van der Waals surface area contributed by atoms with Gasteiger partial charge in [0.15, 0.2) is 5.78 Å². The van der Waals surface area contributed by atoms with E-state index < -0.39 is 11.2 Å². The van der Waals surface area contributed by atoms with Crippen molar-refractivity contribution < 1.29 is 9.35 Å². The van der Waals surface area contributed by atoms with Crippen LogP contribution in [0.15, 0.2) is 11.4 Å². The molecule has 0 saturated carbocycles. The lowest BCUT2D eigenvalue weighted by molar-refractivity contribution is 0.0981. The van der Waals surface area contributed by atoms with E-state index in [1.54, 1.807) is 6.26 Å². The van der Waals surface area contributed by atoms with Crippen molar-refractivity contribution in [3.05, 3.63) is 17.5 Å². The fraction of sp³-hybridized carbons (Fsp3) is 0.500. The summed E-state index contributed by atoms with van der Waals surface area (Å²) in [6, 6.07) is 0. The summed E-state index contributed by atoms with van der Waals surface area (Å²) in [4.78, 5) is 19.8. The summed E-state index contributed by atoms with van der Waals surface area (Å²) >= 11 is -1.18. The summed E-state index contributed by atoms with van der Waals surface area (Å²) in [5.41, 5.74) is 1.37. The molecule has 0 saturated heterocycles. The molecule has 0 aliphatic heterocycles. The van der Waals surface area contributed by atoms with Crippen LogP contribution in [-0.4, -0.2) is 26.6 Å². The summed E-state index contributed by atoms with van der Waals surface area (Å²) in [5, 5.41) is 0.323. The van der Waals surface area contributed by atoms with Crippen LogP contribution in [0.2, 0.25) is 0 Å². The number of Topliss-reactive ketones (excluding diaryl/α,β-unsaturated/α-hetero) is 1. The average Bonchev–Trinajstić information content (AvgIpc) is 2.40. The first-order chi connectivity index (χ1) is 7.18. The van der Waals surface area contributed by atoms with E-state index in [2.05, 4.69) is 9.97 Å². The Morgan fingerprint density at radius 1 is 1.40 bits per heavy atom. The predicted octanol–water partition coefficient (Wildman–Crippen LogP) is 1.12. The van der Waals surface area contributed by atoms with Gasteiger partial charge in [0.2, 0.25) is 0 Å². The van der Waals surface area contributed by atoms with Crippen LogP contribution >= 0.6 is 0 Å². The molecule has 1 unspecified atom stereocenters. The maximum Gasteiger partial charge on any atom is 0.342 e. The molecule has 1 aromatic rings. The lowest BCUT2D eigenvalue weighted by Crippen LogP contribution is -2.10. The number of hydrogen-bond donors (Lipinski definition) is 0. The Hall–Kier alpha value is -0.940. The van der Waals surface area contributed by atoms with Gasteiger partial charge in [-0.3, -0.25) is 4.79 Å². The standard InChI is InChI=1S/C10H12N2O2S/c1-15(14)10-11-6-7-8(12-10)4-2-3-5-9(7)13/h6H,2-5H2,1H3. The number of hydrogen-bond acceptors (Lipinski definition) is 4. The number of carbonyl (C=O) groups is 1. The van der Waals surface area contributed by atoms with E-state index in [4.69, 9.17) is 0 Å². The minimum atomic E-state index is -1.18. The van der Waals surface area contributed by atoms with Crippen molar-refractivity contribution in [3.63, 3.8) is 0 Å². The summed E-state index contributed by atoms with van der Waals surface area (Å²) in [6.45, 7) is 0. The van der Waals surface area contributed by atoms with Gasteiger partial charge in [0.1, 0.15) is 6.26 Å². The highest BCUT2D eigenvalue weighted by Crippen LogP contribution is 2.19. The molecule has 1 aromatic heterocycles. The van der Waals surface area contributed by atoms with Gasteiger partial charge in [0, 0.05) is 23.8 Å². The molecule has 0 amide bonds. The van der Waals surface area contributed by atoms with Crippen molar-refractivity contribution in [3.8, 4) is 0 Å². The lowest BCUT2D eigenvalue weighted by atomic mass is 10.1. The number of aromatic nitrogens is 2. The summed E-state index contributed by atoms with van der Waals surface area (Å²) in [5.74, 6) is 0.107. The quantitative estimate of drug-likeness (QED) is 0.407. The molecule has 1 atom stereocenters. The minimum absolute atomic E-state index is 0.107. The Morgan fingerprint density at radius 2 is 2.13 bits per heavy atom. The Balaban J connectivity index is 2.42. The molecule has 0 fully saturated rings. The highest BCUT2D eigenvalue weighted by molar-refractivity contribution is 7.90. The van der Waals surface area contributed by atoms with Crippen LogP contribution in [0.3, 0.4) is 0 Å². The molecule has 0 N–H and O–H groups in total.